The highest BCUT2D eigenvalue weighted by molar-refractivity contribution is 7.10. The van der Waals surface area contributed by atoms with E-state index in [1.807, 2.05) is 24.6 Å². The molecule has 2 rings (SSSR count). The molecule has 2 aromatic rings. The Morgan fingerprint density at radius 1 is 1.40 bits per heavy atom. The summed E-state index contributed by atoms with van der Waals surface area (Å²) in [5.74, 6) is 0. The van der Waals surface area contributed by atoms with Gasteiger partial charge >= 0.3 is 0 Å². The summed E-state index contributed by atoms with van der Waals surface area (Å²) < 4.78 is 0. The first-order valence-electron chi connectivity index (χ1n) is 4.49. The summed E-state index contributed by atoms with van der Waals surface area (Å²) in [7, 11) is 1.90. The van der Waals surface area contributed by atoms with Gasteiger partial charge in [-0.05, 0) is 30.1 Å². The van der Waals surface area contributed by atoms with Crippen LogP contribution in [0, 0.1) is 0 Å². The first-order valence-corrected chi connectivity index (χ1v) is 5.75. The van der Waals surface area contributed by atoms with Crippen molar-refractivity contribution in [1.29, 1.82) is 0 Å². The van der Waals surface area contributed by atoms with E-state index in [9.17, 15) is 0 Å². The molecule has 2 heterocycles. The fraction of sp³-hybridized carbons (Fsp3) is 0.200. The van der Waals surface area contributed by atoms with Gasteiger partial charge in [0.15, 0.2) is 0 Å². The van der Waals surface area contributed by atoms with Crippen LogP contribution in [0.25, 0.3) is 0 Å². The lowest BCUT2D eigenvalue weighted by Crippen LogP contribution is -2.17. The van der Waals surface area contributed by atoms with Gasteiger partial charge in [0.2, 0.25) is 0 Å². The molecule has 1 atom stereocenters. The molecule has 0 aliphatic carbocycles. The van der Waals surface area contributed by atoms with Crippen molar-refractivity contribution >= 4 is 22.9 Å². The first kappa shape index (κ1) is 10.5. The Morgan fingerprint density at radius 2 is 2.27 bits per heavy atom. The van der Waals surface area contributed by atoms with Crippen LogP contribution in [0.4, 0.5) is 0 Å². The molecule has 0 spiro atoms. The van der Waals surface area contributed by atoms with Gasteiger partial charge in [-0.25, -0.2) is 0 Å². The molecule has 1 N–H and O–H groups in total. The molecule has 0 bridgehead atoms. The molecule has 0 saturated carbocycles. The minimum Gasteiger partial charge on any atom is -0.309 e. The maximum atomic E-state index is 6.10. The fourth-order valence-electron chi connectivity index (χ4n) is 1.43. The number of halogens is 1. The molecule has 0 saturated heterocycles. The Hall–Kier alpha value is -0.970. The van der Waals surface area contributed by atoms with Crippen molar-refractivity contribution in [2.45, 2.75) is 6.04 Å². The largest absolute Gasteiger partial charge is 0.309 e. The Kier molecular flexibility index (Phi) is 3.30. The summed E-state index contributed by atoms with van der Waals surface area (Å²) in [6, 6.07) is 3.93. The second-order valence-electron chi connectivity index (χ2n) is 3.03. The van der Waals surface area contributed by atoms with Crippen LogP contribution in [0.2, 0.25) is 5.02 Å². The van der Waals surface area contributed by atoms with Gasteiger partial charge in [0.25, 0.3) is 0 Å². The number of hydrogen-bond donors (Lipinski definition) is 1. The summed E-state index contributed by atoms with van der Waals surface area (Å²) in [6.45, 7) is 0. The molecule has 2 aromatic heterocycles. The van der Waals surface area contributed by atoms with Crippen LogP contribution in [-0.4, -0.2) is 17.2 Å². The standard InChI is InChI=1S/C10H10ClN3S/c1-12-9(7-2-4-13-14-6-7)10-8(11)3-5-15-10/h2-6,9,12H,1H3. The molecule has 5 heteroatoms. The van der Waals surface area contributed by atoms with Gasteiger partial charge in [0, 0.05) is 11.1 Å². The van der Waals surface area contributed by atoms with Crippen LogP contribution in [0.1, 0.15) is 16.5 Å². The molecule has 78 valence electrons. The second kappa shape index (κ2) is 4.70. The van der Waals surface area contributed by atoms with Crippen LogP contribution >= 0.6 is 22.9 Å². The quantitative estimate of drug-likeness (QED) is 0.895. The van der Waals surface area contributed by atoms with Crippen molar-refractivity contribution in [3.8, 4) is 0 Å². The predicted molar refractivity (Wildman–Crippen MR) is 62.3 cm³/mol. The number of nitrogens with zero attached hydrogens (tertiary/aromatic N) is 2. The van der Waals surface area contributed by atoms with Gasteiger partial charge in [0.1, 0.15) is 0 Å². The molecule has 1 unspecified atom stereocenters. The van der Waals surface area contributed by atoms with E-state index in [2.05, 4.69) is 15.5 Å². The summed E-state index contributed by atoms with van der Waals surface area (Å²) in [5.41, 5.74) is 1.07. The van der Waals surface area contributed by atoms with Gasteiger partial charge < -0.3 is 5.32 Å². The number of aromatic nitrogens is 2. The van der Waals surface area contributed by atoms with Crippen molar-refractivity contribution in [3.63, 3.8) is 0 Å². The maximum Gasteiger partial charge on any atom is 0.0700 e. The van der Waals surface area contributed by atoms with Crippen LogP contribution in [0.3, 0.4) is 0 Å². The molecule has 0 radical (unpaired) electrons. The third-order valence-corrected chi connectivity index (χ3v) is 3.56. The third kappa shape index (κ3) is 2.17. The third-order valence-electron chi connectivity index (χ3n) is 2.14. The minimum absolute atomic E-state index is 0.0907. The van der Waals surface area contributed by atoms with Crippen LogP contribution in [-0.2, 0) is 0 Å². The molecular weight excluding hydrogens is 230 g/mol. The molecular formula is C10H10ClN3S. The summed E-state index contributed by atoms with van der Waals surface area (Å²) in [5, 5.41) is 13.6. The monoisotopic (exact) mass is 239 g/mol. The van der Waals surface area contributed by atoms with E-state index in [-0.39, 0.29) is 6.04 Å². The molecule has 15 heavy (non-hydrogen) atoms. The lowest BCUT2D eigenvalue weighted by molar-refractivity contribution is 0.696. The van der Waals surface area contributed by atoms with E-state index < -0.39 is 0 Å². The average Bonchev–Trinajstić information content (AvgIpc) is 2.68. The Morgan fingerprint density at radius 3 is 2.80 bits per heavy atom. The minimum atomic E-state index is 0.0907. The van der Waals surface area contributed by atoms with Crippen LogP contribution in [0.15, 0.2) is 29.9 Å². The second-order valence-corrected chi connectivity index (χ2v) is 4.39. The number of rotatable bonds is 3. The van der Waals surface area contributed by atoms with Crippen molar-refractivity contribution in [3.05, 3.63) is 45.4 Å². The smallest absolute Gasteiger partial charge is 0.0700 e. The molecule has 0 aromatic carbocycles. The molecule has 0 amide bonds. The number of nitrogens with one attached hydrogen (secondary N) is 1. The van der Waals surface area contributed by atoms with Gasteiger partial charge in [-0.1, -0.05) is 11.6 Å². The number of hydrogen-bond acceptors (Lipinski definition) is 4. The van der Waals surface area contributed by atoms with Crippen molar-refractivity contribution in [2.75, 3.05) is 7.05 Å². The fourth-order valence-corrected chi connectivity index (χ4v) is 2.73. The van der Waals surface area contributed by atoms with E-state index in [4.69, 9.17) is 11.6 Å². The van der Waals surface area contributed by atoms with Gasteiger partial charge in [-0.3, -0.25) is 0 Å². The van der Waals surface area contributed by atoms with E-state index in [0.29, 0.717) is 0 Å². The Balaban J connectivity index is 2.37. The van der Waals surface area contributed by atoms with Gasteiger partial charge in [-0.2, -0.15) is 10.2 Å². The lowest BCUT2D eigenvalue weighted by atomic mass is 10.1. The highest BCUT2D eigenvalue weighted by Crippen LogP contribution is 2.31. The highest BCUT2D eigenvalue weighted by Gasteiger charge is 2.16. The SMILES string of the molecule is CNC(c1ccnnc1)c1sccc1Cl. The first-order chi connectivity index (χ1) is 7.33. The summed E-state index contributed by atoms with van der Waals surface area (Å²) in [4.78, 5) is 1.10. The lowest BCUT2D eigenvalue weighted by Gasteiger charge is -2.14. The van der Waals surface area contributed by atoms with E-state index >= 15 is 0 Å². The van der Waals surface area contributed by atoms with Crippen molar-refractivity contribution in [1.82, 2.24) is 15.5 Å². The zero-order valence-corrected chi connectivity index (χ0v) is 9.72. The zero-order valence-electron chi connectivity index (χ0n) is 8.14. The average molecular weight is 240 g/mol. The Labute approximate surface area is 97.1 Å². The topological polar surface area (TPSA) is 37.8 Å². The Bertz CT molecular complexity index is 429. The zero-order chi connectivity index (χ0) is 10.7. The molecule has 0 aliphatic rings. The van der Waals surface area contributed by atoms with Gasteiger partial charge in [0.05, 0.1) is 17.3 Å². The predicted octanol–water partition coefficient (Wildman–Crippen LogP) is 2.50. The summed E-state index contributed by atoms with van der Waals surface area (Å²) >= 11 is 7.73. The van der Waals surface area contributed by atoms with E-state index in [0.717, 1.165) is 15.5 Å². The highest BCUT2D eigenvalue weighted by atomic mass is 35.5. The van der Waals surface area contributed by atoms with Gasteiger partial charge in [-0.15, -0.1) is 11.3 Å². The normalized spacial score (nSPS) is 12.7. The van der Waals surface area contributed by atoms with E-state index in [1.165, 1.54) is 0 Å². The van der Waals surface area contributed by atoms with Crippen LogP contribution in [0.5, 0.6) is 0 Å². The molecule has 0 fully saturated rings. The summed E-state index contributed by atoms with van der Waals surface area (Å²) in [6.07, 6.45) is 3.43. The number of thiophene rings is 1. The van der Waals surface area contributed by atoms with E-state index in [1.54, 1.807) is 23.7 Å². The molecule has 0 aliphatic heterocycles. The molecule has 3 nitrogen and oxygen atoms in total. The van der Waals surface area contributed by atoms with Crippen molar-refractivity contribution < 1.29 is 0 Å². The van der Waals surface area contributed by atoms with Crippen molar-refractivity contribution in [2.24, 2.45) is 0 Å². The van der Waals surface area contributed by atoms with Crippen LogP contribution < -0.4 is 5.32 Å². The maximum absolute atomic E-state index is 6.10.